The predicted molar refractivity (Wildman–Crippen MR) is 297 cm³/mol. The standard InChI is InChI=1S/C63H104O6/c1-4-7-10-13-16-19-22-25-28-30-31-33-35-38-41-44-47-50-53-56-62(65)68-59-60(58-67-61(64)55-52-49-46-43-40-37-34-27-24-21-18-15-12-9-6-3)69-63(66)57-54-51-48-45-42-39-36-32-29-26-23-20-17-14-11-8-5-2/h9,12,15-22,24-26,29,36,39,45,48,60H,4-8,10-11,13-14,23,27-28,30-35,37-38,40-44,46-47,49-59H2,1-3H3/b12-9-,18-15-,19-16-,20-17-,24-21-,25-22-,29-26-,39-36-,48-45-. The molecule has 0 aliphatic heterocycles. The van der Waals surface area contributed by atoms with E-state index in [1.165, 1.54) is 128 Å². The minimum Gasteiger partial charge on any atom is -0.462 e. The number of allylic oxidation sites excluding steroid dienone is 18. The maximum absolute atomic E-state index is 12.8. The van der Waals surface area contributed by atoms with Crippen molar-refractivity contribution in [1.82, 2.24) is 0 Å². The van der Waals surface area contributed by atoms with Crippen molar-refractivity contribution in [3.05, 3.63) is 109 Å². The summed E-state index contributed by atoms with van der Waals surface area (Å²) in [5, 5.41) is 0. The molecule has 6 heteroatoms. The smallest absolute Gasteiger partial charge is 0.306 e. The van der Waals surface area contributed by atoms with E-state index in [9.17, 15) is 14.4 Å². The Bertz CT molecular complexity index is 1420. The highest BCUT2D eigenvalue weighted by atomic mass is 16.6. The molecule has 0 amide bonds. The van der Waals surface area contributed by atoms with E-state index in [2.05, 4.69) is 130 Å². The first-order valence-corrected chi connectivity index (χ1v) is 28.4. The number of unbranched alkanes of at least 4 members (excludes halogenated alkanes) is 24. The van der Waals surface area contributed by atoms with Gasteiger partial charge in [-0.2, -0.15) is 0 Å². The molecule has 0 saturated heterocycles. The van der Waals surface area contributed by atoms with Crippen LogP contribution in [0.25, 0.3) is 0 Å². The Hall–Kier alpha value is -3.93. The van der Waals surface area contributed by atoms with Gasteiger partial charge in [-0.25, -0.2) is 0 Å². The normalized spacial score (nSPS) is 12.9. The van der Waals surface area contributed by atoms with Gasteiger partial charge in [0.05, 0.1) is 0 Å². The highest BCUT2D eigenvalue weighted by Gasteiger charge is 2.19. The summed E-state index contributed by atoms with van der Waals surface area (Å²) in [5.74, 6) is -0.979. The Kier molecular flexibility index (Phi) is 53.4. The van der Waals surface area contributed by atoms with Crippen molar-refractivity contribution >= 4 is 17.9 Å². The fraction of sp³-hybridized carbons (Fsp3) is 0.667. The number of carbonyl (C=O) groups excluding carboxylic acids is 3. The lowest BCUT2D eigenvalue weighted by molar-refractivity contribution is -0.167. The third-order valence-electron chi connectivity index (χ3n) is 11.8. The SMILES string of the molecule is CC\C=C/C=C\C=C/CCCCCCCCCC(=O)OCC(COC(=O)CCCCCCCCCCCC/C=C\C=C/CCCCC)OC(=O)CCC/C=C\C/C=C\C/C=C\C/C=C\CCCCC. The molecule has 0 spiro atoms. The molecule has 392 valence electrons. The molecule has 1 atom stereocenters. The van der Waals surface area contributed by atoms with Gasteiger partial charge in [-0.05, 0) is 103 Å². The molecule has 0 N–H and O–H groups in total. The van der Waals surface area contributed by atoms with Crippen LogP contribution in [0, 0.1) is 0 Å². The average Bonchev–Trinajstić information content (AvgIpc) is 3.35. The van der Waals surface area contributed by atoms with Gasteiger partial charge in [-0.15, -0.1) is 0 Å². The van der Waals surface area contributed by atoms with Crippen molar-refractivity contribution in [2.45, 2.75) is 258 Å². The Labute approximate surface area is 425 Å². The van der Waals surface area contributed by atoms with Crippen molar-refractivity contribution in [2.24, 2.45) is 0 Å². The zero-order chi connectivity index (χ0) is 50.0. The number of ether oxygens (including phenoxy) is 3. The van der Waals surface area contributed by atoms with Crippen LogP contribution in [0.1, 0.15) is 252 Å². The molecule has 0 bridgehead atoms. The lowest BCUT2D eigenvalue weighted by atomic mass is 10.1. The molecule has 0 saturated carbocycles. The van der Waals surface area contributed by atoms with Gasteiger partial charge in [-0.3, -0.25) is 14.4 Å². The first-order valence-electron chi connectivity index (χ1n) is 28.4. The van der Waals surface area contributed by atoms with Gasteiger partial charge in [0.1, 0.15) is 13.2 Å². The summed E-state index contributed by atoms with van der Waals surface area (Å²) in [5.41, 5.74) is 0. The van der Waals surface area contributed by atoms with Crippen molar-refractivity contribution in [3.63, 3.8) is 0 Å². The minimum atomic E-state index is -0.815. The van der Waals surface area contributed by atoms with E-state index in [1.807, 2.05) is 0 Å². The average molecular weight is 958 g/mol. The number of hydrogen-bond donors (Lipinski definition) is 0. The summed E-state index contributed by atoms with van der Waals surface area (Å²) in [6.07, 6.45) is 76.5. The van der Waals surface area contributed by atoms with Crippen LogP contribution in [0.3, 0.4) is 0 Å². The maximum atomic E-state index is 12.8. The van der Waals surface area contributed by atoms with Gasteiger partial charge in [0.2, 0.25) is 0 Å². The second-order valence-electron chi connectivity index (χ2n) is 18.5. The third kappa shape index (κ3) is 54.9. The van der Waals surface area contributed by atoms with E-state index in [1.54, 1.807) is 0 Å². The van der Waals surface area contributed by atoms with E-state index in [0.29, 0.717) is 19.3 Å². The summed E-state index contributed by atoms with van der Waals surface area (Å²) < 4.78 is 16.8. The third-order valence-corrected chi connectivity index (χ3v) is 11.8. The van der Waals surface area contributed by atoms with Crippen LogP contribution in [0.5, 0.6) is 0 Å². The quantitative estimate of drug-likeness (QED) is 0.0199. The van der Waals surface area contributed by atoms with Crippen molar-refractivity contribution in [2.75, 3.05) is 13.2 Å². The molecule has 1 unspecified atom stereocenters. The van der Waals surface area contributed by atoms with Crippen LogP contribution < -0.4 is 0 Å². The van der Waals surface area contributed by atoms with Crippen molar-refractivity contribution in [1.29, 1.82) is 0 Å². The lowest BCUT2D eigenvalue weighted by Crippen LogP contribution is -2.30. The molecular formula is C63H104O6. The monoisotopic (exact) mass is 957 g/mol. The molecule has 0 radical (unpaired) electrons. The molecule has 0 fully saturated rings. The summed E-state index contributed by atoms with van der Waals surface area (Å²) >= 11 is 0. The second-order valence-corrected chi connectivity index (χ2v) is 18.5. The molecular weight excluding hydrogens is 853 g/mol. The van der Waals surface area contributed by atoms with Gasteiger partial charge in [0, 0.05) is 19.3 Å². The topological polar surface area (TPSA) is 78.9 Å². The first kappa shape index (κ1) is 65.1. The van der Waals surface area contributed by atoms with Crippen LogP contribution in [0.2, 0.25) is 0 Å². The van der Waals surface area contributed by atoms with Crippen molar-refractivity contribution < 1.29 is 28.6 Å². The molecule has 0 aromatic heterocycles. The van der Waals surface area contributed by atoms with Gasteiger partial charge < -0.3 is 14.2 Å². The highest BCUT2D eigenvalue weighted by molar-refractivity contribution is 5.71. The fourth-order valence-corrected chi connectivity index (χ4v) is 7.54. The number of carbonyl (C=O) groups is 3. The molecule has 69 heavy (non-hydrogen) atoms. The van der Waals surface area contributed by atoms with Gasteiger partial charge >= 0.3 is 17.9 Å². The molecule has 0 aliphatic rings. The molecule has 0 aromatic rings. The molecule has 0 heterocycles. The largest absolute Gasteiger partial charge is 0.462 e. The van der Waals surface area contributed by atoms with Crippen LogP contribution >= 0.6 is 0 Å². The van der Waals surface area contributed by atoms with E-state index in [4.69, 9.17) is 14.2 Å². The van der Waals surface area contributed by atoms with Gasteiger partial charge in [-0.1, -0.05) is 239 Å². The molecule has 6 nitrogen and oxygen atoms in total. The Morgan fingerprint density at radius 3 is 1.06 bits per heavy atom. The number of hydrogen-bond acceptors (Lipinski definition) is 6. The second kappa shape index (κ2) is 56.7. The van der Waals surface area contributed by atoms with Crippen LogP contribution in [0.15, 0.2) is 109 Å². The lowest BCUT2D eigenvalue weighted by Gasteiger charge is -2.18. The van der Waals surface area contributed by atoms with Gasteiger partial charge in [0.15, 0.2) is 6.10 Å². The Balaban J connectivity index is 4.49. The minimum absolute atomic E-state index is 0.107. The van der Waals surface area contributed by atoms with Crippen molar-refractivity contribution in [3.8, 4) is 0 Å². The Morgan fingerprint density at radius 2 is 0.638 bits per heavy atom. The zero-order valence-electron chi connectivity index (χ0n) is 44.8. The van der Waals surface area contributed by atoms with E-state index in [-0.39, 0.29) is 37.5 Å². The van der Waals surface area contributed by atoms with Crippen LogP contribution in [-0.4, -0.2) is 37.2 Å². The number of esters is 3. The summed E-state index contributed by atoms with van der Waals surface area (Å²) in [7, 11) is 0. The molecule has 0 aromatic carbocycles. The zero-order valence-corrected chi connectivity index (χ0v) is 44.8. The van der Waals surface area contributed by atoms with Crippen LogP contribution in [-0.2, 0) is 28.6 Å². The predicted octanol–water partition coefficient (Wildman–Crippen LogP) is 19.1. The Morgan fingerprint density at radius 1 is 0.319 bits per heavy atom. The van der Waals surface area contributed by atoms with E-state index < -0.39 is 6.10 Å². The van der Waals surface area contributed by atoms with Gasteiger partial charge in [0.25, 0.3) is 0 Å². The number of rotatable bonds is 50. The highest BCUT2D eigenvalue weighted by Crippen LogP contribution is 2.14. The molecule has 0 rings (SSSR count). The van der Waals surface area contributed by atoms with E-state index >= 15 is 0 Å². The maximum Gasteiger partial charge on any atom is 0.306 e. The fourth-order valence-electron chi connectivity index (χ4n) is 7.54. The summed E-state index contributed by atoms with van der Waals surface area (Å²) in [4.78, 5) is 38.1. The first-order chi connectivity index (χ1) is 34.0. The van der Waals surface area contributed by atoms with Crippen LogP contribution in [0.4, 0.5) is 0 Å². The van der Waals surface area contributed by atoms with E-state index in [0.717, 1.165) is 77.0 Å². The summed E-state index contributed by atoms with van der Waals surface area (Å²) in [6.45, 7) is 6.40. The molecule has 0 aliphatic carbocycles. The summed E-state index contributed by atoms with van der Waals surface area (Å²) in [6, 6.07) is 0.